The lowest BCUT2D eigenvalue weighted by atomic mass is 10.2. The van der Waals surface area contributed by atoms with E-state index in [0.29, 0.717) is 27.6 Å². The van der Waals surface area contributed by atoms with Crippen LogP contribution in [0.5, 0.6) is 0 Å². The maximum atomic E-state index is 12.9. The van der Waals surface area contributed by atoms with E-state index >= 15 is 0 Å². The van der Waals surface area contributed by atoms with E-state index in [2.05, 4.69) is 16.9 Å². The van der Waals surface area contributed by atoms with Crippen LogP contribution in [0.25, 0.3) is 10.2 Å². The molecule has 1 amide bonds. The molecule has 0 bridgehead atoms. The van der Waals surface area contributed by atoms with Crippen molar-refractivity contribution in [1.29, 1.82) is 0 Å². The minimum Gasteiger partial charge on any atom is -0.465 e. The summed E-state index contributed by atoms with van der Waals surface area (Å²) in [5.41, 5.74) is 0.495. The average molecular weight is 444 g/mol. The van der Waals surface area contributed by atoms with Gasteiger partial charge in [-0.25, -0.2) is 9.78 Å². The van der Waals surface area contributed by atoms with Gasteiger partial charge in [0.1, 0.15) is 4.83 Å². The van der Waals surface area contributed by atoms with Crippen LogP contribution in [0, 0.1) is 0 Å². The van der Waals surface area contributed by atoms with E-state index in [4.69, 9.17) is 4.74 Å². The Balaban J connectivity index is 1.82. The second-order valence-corrected chi connectivity index (χ2v) is 8.32. The number of thiophene rings is 1. The van der Waals surface area contributed by atoms with Gasteiger partial charge in [-0.05, 0) is 24.6 Å². The van der Waals surface area contributed by atoms with Crippen LogP contribution in [0.4, 0.5) is 5.69 Å². The molecule has 0 unspecified atom stereocenters. The predicted octanol–water partition coefficient (Wildman–Crippen LogP) is 3.72. The molecule has 0 aliphatic carbocycles. The van der Waals surface area contributed by atoms with Crippen molar-refractivity contribution in [3.8, 4) is 0 Å². The molecule has 0 saturated carbocycles. The Morgan fingerprint density at radius 2 is 2.13 bits per heavy atom. The van der Waals surface area contributed by atoms with Gasteiger partial charge in [0.15, 0.2) is 5.16 Å². The van der Waals surface area contributed by atoms with E-state index in [1.165, 1.54) is 23.0 Å². The maximum Gasteiger partial charge on any atom is 0.339 e. The molecule has 0 radical (unpaired) electrons. The monoisotopic (exact) mass is 443 g/mol. The van der Waals surface area contributed by atoms with Crippen molar-refractivity contribution in [3.05, 3.63) is 63.8 Å². The maximum absolute atomic E-state index is 12.9. The summed E-state index contributed by atoms with van der Waals surface area (Å²) in [6.45, 7) is 6.03. The molecule has 0 aliphatic heterocycles. The molecular formula is C21H21N3O4S2. The van der Waals surface area contributed by atoms with Crippen molar-refractivity contribution in [2.24, 2.45) is 0 Å². The lowest BCUT2D eigenvalue weighted by Gasteiger charge is -2.11. The number of aromatic nitrogens is 2. The molecule has 30 heavy (non-hydrogen) atoms. The number of para-hydroxylation sites is 1. The first-order valence-corrected chi connectivity index (χ1v) is 11.0. The highest BCUT2D eigenvalue weighted by atomic mass is 32.2. The van der Waals surface area contributed by atoms with E-state index in [0.717, 1.165) is 23.1 Å². The molecule has 3 rings (SSSR count). The van der Waals surface area contributed by atoms with Gasteiger partial charge >= 0.3 is 5.97 Å². The summed E-state index contributed by atoms with van der Waals surface area (Å²) in [5.74, 6) is -0.831. The molecule has 0 spiro atoms. The Morgan fingerprint density at radius 1 is 1.37 bits per heavy atom. The van der Waals surface area contributed by atoms with Crippen molar-refractivity contribution in [3.63, 3.8) is 0 Å². The fourth-order valence-corrected chi connectivity index (χ4v) is 4.64. The zero-order chi connectivity index (χ0) is 21.7. The van der Waals surface area contributed by atoms with Gasteiger partial charge in [0.05, 0.1) is 29.5 Å². The quantitative estimate of drug-likeness (QED) is 0.247. The van der Waals surface area contributed by atoms with Gasteiger partial charge in [-0.3, -0.25) is 14.2 Å². The SMILES string of the molecule is C=CCn1c(SCC(=O)Nc2ccccc2C(=O)OC)nc2sc(CC)cc2c1=O. The fourth-order valence-electron chi connectivity index (χ4n) is 2.82. The Morgan fingerprint density at radius 3 is 2.83 bits per heavy atom. The van der Waals surface area contributed by atoms with E-state index < -0.39 is 5.97 Å². The summed E-state index contributed by atoms with van der Waals surface area (Å²) < 4.78 is 6.26. The average Bonchev–Trinajstić information content (AvgIpc) is 3.18. The topological polar surface area (TPSA) is 90.3 Å². The number of ether oxygens (including phenoxy) is 1. The number of rotatable bonds is 8. The molecule has 3 aromatic rings. The van der Waals surface area contributed by atoms with Gasteiger partial charge < -0.3 is 10.1 Å². The van der Waals surface area contributed by atoms with Crippen molar-refractivity contribution >= 4 is 50.9 Å². The van der Waals surface area contributed by atoms with Crippen molar-refractivity contribution in [1.82, 2.24) is 9.55 Å². The number of carbonyl (C=O) groups is 2. The number of allylic oxidation sites excluding steroid dienone is 1. The number of hydrogen-bond donors (Lipinski definition) is 1. The molecule has 156 valence electrons. The van der Waals surface area contributed by atoms with Crippen LogP contribution in [0.2, 0.25) is 0 Å². The molecule has 1 aromatic carbocycles. The number of amides is 1. The number of carbonyl (C=O) groups excluding carboxylic acids is 2. The summed E-state index contributed by atoms with van der Waals surface area (Å²) in [6.07, 6.45) is 2.45. The van der Waals surface area contributed by atoms with Crippen molar-refractivity contribution in [2.75, 3.05) is 18.2 Å². The Hall–Kier alpha value is -2.91. The highest BCUT2D eigenvalue weighted by molar-refractivity contribution is 7.99. The van der Waals surface area contributed by atoms with Gasteiger partial charge in [0.2, 0.25) is 5.91 Å². The van der Waals surface area contributed by atoms with Crippen LogP contribution in [0.1, 0.15) is 22.2 Å². The van der Waals surface area contributed by atoms with Gasteiger partial charge in [-0.15, -0.1) is 17.9 Å². The third kappa shape index (κ3) is 4.63. The predicted molar refractivity (Wildman–Crippen MR) is 121 cm³/mol. The standard InChI is InChI=1S/C21H21N3O4S2/c1-4-10-24-19(26)15-11-13(5-2)30-18(15)23-21(24)29-12-17(25)22-16-9-7-6-8-14(16)20(27)28-3/h4,6-9,11H,1,5,10,12H2,2-3H3,(H,22,25). The summed E-state index contributed by atoms with van der Waals surface area (Å²) in [5, 5.41) is 3.75. The fraction of sp³-hybridized carbons (Fsp3) is 0.238. The number of methoxy groups -OCH3 is 1. The Kier molecular flexibility index (Phi) is 7.07. The Labute approximate surface area is 181 Å². The third-order valence-corrected chi connectivity index (χ3v) is 6.42. The largest absolute Gasteiger partial charge is 0.465 e. The zero-order valence-corrected chi connectivity index (χ0v) is 18.3. The van der Waals surface area contributed by atoms with E-state index in [-0.39, 0.29) is 22.8 Å². The number of fused-ring (bicyclic) bond motifs is 1. The molecule has 2 heterocycles. The molecule has 9 heteroatoms. The minimum atomic E-state index is -0.532. The van der Waals surface area contributed by atoms with Gasteiger partial charge in [-0.1, -0.05) is 36.9 Å². The number of aryl methyl sites for hydroxylation is 1. The van der Waals surface area contributed by atoms with Crippen LogP contribution in [-0.2, 0) is 22.5 Å². The summed E-state index contributed by atoms with van der Waals surface area (Å²) in [6, 6.07) is 8.49. The molecule has 2 aromatic heterocycles. The second kappa shape index (κ2) is 9.73. The van der Waals surface area contributed by atoms with E-state index in [1.807, 2.05) is 13.0 Å². The highest BCUT2D eigenvalue weighted by Gasteiger charge is 2.17. The van der Waals surface area contributed by atoms with Gasteiger partial charge in [0, 0.05) is 11.4 Å². The molecular weight excluding hydrogens is 422 g/mol. The van der Waals surface area contributed by atoms with Crippen LogP contribution >= 0.6 is 23.1 Å². The van der Waals surface area contributed by atoms with Gasteiger partial charge in [0.25, 0.3) is 5.56 Å². The summed E-state index contributed by atoms with van der Waals surface area (Å²) >= 11 is 2.64. The lowest BCUT2D eigenvalue weighted by Crippen LogP contribution is -2.23. The second-order valence-electron chi connectivity index (χ2n) is 6.26. The first-order valence-electron chi connectivity index (χ1n) is 9.22. The molecule has 0 fully saturated rings. The lowest BCUT2D eigenvalue weighted by molar-refractivity contribution is -0.113. The normalized spacial score (nSPS) is 10.7. The first-order chi connectivity index (χ1) is 14.5. The highest BCUT2D eigenvalue weighted by Crippen LogP contribution is 2.25. The number of esters is 1. The zero-order valence-electron chi connectivity index (χ0n) is 16.6. The molecule has 0 aliphatic rings. The number of nitrogens with zero attached hydrogens (tertiary/aromatic N) is 2. The van der Waals surface area contributed by atoms with Crippen molar-refractivity contribution < 1.29 is 14.3 Å². The number of anilines is 1. The van der Waals surface area contributed by atoms with Crippen LogP contribution < -0.4 is 10.9 Å². The third-order valence-electron chi connectivity index (χ3n) is 4.27. The van der Waals surface area contributed by atoms with Crippen LogP contribution in [0.3, 0.4) is 0 Å². The van der Waals surface area contributed by atoms with Crippen molar-refractivity contribution in [2.45, 2.75) is 25.0 Å². The van der Waals surface area contributed by atoms with E-state index in [1.54, 1.807) is 30.3 Å². The number of benzene rings is 1. The minimum absolute atomic E-state index is 0.0244. The smallest absolute Gasteiger partial charge is 0.339 e. The van der Waals surface area contributed by atoms with Gasteiger partial charge in [-0.2, -0.15) is 0 Å². The summed E-state index contributed by atoms with van der Waals surface area (Å²) in [4.78, 5) is 43.6. The van der Waals surface area contributed by atoms with Crippen LogP contribution in [-0.4, -0.2) is 34.3 Å². The Bertz CT molecular complexity index is 1170. The molecule has 0 atom stereocenters. The summed E-state index contributed by atoms with van der Waals surface area (Å²) in [7, 11) is 1.28. The number of thioether (sulfide) groups is 1. The number of hydrogen-bond acceptors (Lipinski definition) is 7. The molecule has 7 nitrogen and oxygen atoms in total. The van der Waals surface area contributed by atoms with Crippen LogP contribution in [0.15, 0.2) is 52.9 Å². The first kappa shape index (κ1) is 21.8. The number of nitrogens with one attached hydrogen (secondary N) is 1. The molecule has 1 N–H and O–H groups in total. The molecule has 0 saturated heterocycles. The van der Waals surface area contributed by atoms with E-state index in [9.17, 15) is 14.4 Å².